The Bertz CT molecular complexity index is 2520. The number of nitrogens with one attached hydrogen (secondary N) is 1. The van der Waals surface area contributed by atoms with Crippen LogP contribution in [-0.4, -0.2) is 101 Å². The highest BCUT2D eigenvalue weighted by atomic mass is 16.8. The third-order valence-electron chi connectivity index (χ3n) is 16.7. The van der Waals surface area contributed by atoms with Crippen molar-refractivity contribution in [3.63, 3.8) is 0 Å². The first-order valence-corrected chi connectivity index (χ1v) is 24.6. The highest BCUT2D eigenvalue weighted by molar-refractivity contribution is 5.96. The van der Waals surface area contributed by atoms with Gasteiger partial charge in [-0.05, 0) is 73.0 Å². The number of aliphatic hydroxyl groups excluding tert-OH is 1. The standard InChI is InChI=1S/C56H63N3O9/c1-53(2)32-41-38(24-25-45-54(3,65-45)27-26-42(41)53)30-36-20-22-37(23-21-36)34-59-48-51(62)64-44-33-55(48,52(63)58(4)43(50(61)57-28-29-60)31-35-14-8-5-9-15-35)49(68-59)47-46(44)66-56(67-47,39-16-10-6-11-17-39)40-18-12-7-13-19-40/h5-23,30,41-49,60H,24-29,31-34H2,1-4H3,(H,57,61)/t41-,42-,43-,44-,45?,46+,47+,48+,49-,54-,55+/m1/s1. The summed E-state index contributed by atoms with van der Waals surface area (Å²) in [5.74, 6) is -1.65. The molecule has 2 N–H and O–H groups in total. The summed E-state index contributed by atoms with van der Waals surface area (Å²) in [7, 11) is 1.62. The number of amides is 2. The van der Waals surface area contributed by atoms with E-state index in [4.69, 9.17) is 23.8 Å². The van der Waals surface area contributed by atoms with E-state index >= 15 is 4.79 Å². The molecule has 11 rings (SSSR count). The predicted octanol–water partition coefficient (Wildman–Crippen LogP) is 7.13. The molecule has 0 spiro atoms. The van der Waals surface area contributed by atoms with E-state index in [-0.39, 0.29) is 38.1 Å². The maximum atomic E-state index is 15.8. The highest BCUT2D eigenvalue weighted by Gasteiger charge is 2.77. The molecule has 2 amide bonds. The number of benzene rings is 4. The smallest absolute Gasteiger partial charge is 0.327 e. The average molecular weight is 922 g/mol. The number of fused-ring (bicyclic) bond motifs is 6. The number of epoxide rings is 1. The molecule has 12 heteroatoms. The normalized spacial score (nSPS) is 33.8. The molecular formula is C56H63N3O9. The van der Waals surface area contributed by atoms with E-state index in [1.54, 1.807) is 12.1 Å². The van der Waals surface area contributed by atoms with Gasteiger partial charge in [-0.2, -0.15) is 5.06 Å². The second-order valence-corrected chi connectivity index (χ2v) is 21.2. The Balaban J connectivity index is 0.943. The molecule has 4 aromatic rings. The summed E-state index contributed by atoms with van der Waals surface area (Å²) in [5, 5.41) is 14.1. The molecule has 4 saturated heterocycles. The lowest BCUT2D eigenvalue weighted by atomic mass is 9.52. The van der Waals surface area contributed by atoms with Crippen LogP contribution in [0.15, 0.2) is 121 Å². The number of likely N-dealkylation sites (N-methyl/N-ethyl adjacent to an activating group) is 1. The average Bonchev–Trinajstić information content (AvgIpc) is 3.62. The van der Waals surface area contributed by atoms with Gasteiger partial charge in [0.25, 0.3) is 0 Å². The summed E-state index contributed by atoms with van der Waals surface area (Å²) < 4.78 is 26.9. The van der Waals surface area contributed by atoms with Crippen LogP contribution < -0.4 is 5.32 Å². The van der Waals surface area contributed by atoms with Crippen LogP contribution in [0.25, 0.3) is 6.08 Å². The molecule has 3 saturated carbocycles. The number of hydroxylamine groups is 2. The van der Waals surface area contributed by atoms with Crippen LogP contribution in [0.3, 0.4) is 0 Å². The largest absolute Gasteiger partial charge is 0.458 e. The van der Waals surface area contributed by atoms with E-state index in [1.165, 1.54) is 23.3 Å². The lowest BCUT2D eigenvalue weighted by molar-refractivity contribution is -0.214. The second kappa shape index (κ2) is 17.3. The Kier molecular flexibility index (Phi) is 11.5. The van der Waals surface area contributed by atoms with Gasteiger partial charge in [0.15, 0.2) is 6.04 Å². The molecule has 356 valence electrons. The SMILES string of the molecule is CN(C(=O)[C@@]12C[C@H]3OC(=O)[C@@H]1N(Cc1ccc(C=C4CCC5O[C@]5(C)CC[C@@H]5[C@@H]4CC5(C)C)cc1)O[C@@H]2[C@H]1OC(c2ccccc2)(c2ccccc2)O[C@H]13)[C@H](Cc1ccccc1)C(=O)NCCO. The Hall–Kier alpha value is -5.21. The maximum Gasteiger partial charge on any atom is 0.327 e. The van der Waals surface area contributed by atoms with Crippen LogP contribution in [0.5, 0.6) is 0 Å². The van der Waals surface area contributed by atoms with Gasteiger partial charge in [0.2, 0.25) is 17.6 Å². The molecule has 2 bridgehead atoms. The fourth-order valence-corrected chi connectivity index (χ4v) is 13.0. The Morgan fingerprint density at radius 2 is 1.50 bits per heavy atom. The minimum atomic E-state index is -1.54. The summed E-state index contributed by atoms with van der Waals surface area (Å²) in [6, 6.07) is 35.1. The number of esters is 1. The van der Waals surface area contributed by atoms with Crippen molar-refractivity contribution in [1.29, 1.82) is 0 Å². The van der Waals surface area contributed by atoms with Crippen LogP contribution in [-0.2, 0) is 56.9 Å². The quantitative estimate of drug-likeness (QED) is 0.112. The summed E-state index contributed by atoms with van der Waals surface area (Å²) in [4.78, 5) is 53.2. The minimum Gasteiger partial charge on any atom is -0.458 e. The number of hydrogen-bond donors (Lipinski definition) is 2. The number of ether oxygens (including phenoxy) is 4. The van der Waals surface area contributed by atoms with Gasteiger partial charge in [0, 0.05) is 37.6 Å². The van der Waals surface area contributed by atoms with Gasteiger partial charge >= 0.3 is 5.97 Å². The topological polar surface area (TPSA) is 139 Å². The van der Waals surface area contributed by atoms with E-state index in [1.807, 2.05) is 91.0 Å². The van der Waals surface area contributed by atoms with Crippen molar-refractivity contribution in [3.8, 4) is 0 Å². The Morgan fingerprint density at radius 1 is 0.838 bits per heavy atom. The molecule has 12 nitrogen and oxygen atoms in total. The van der Waals surface area contributed by atoms with Gasteiger partial charge in [0.05, 0.1) is 24.9 Å². The van der Waals surface area contributed by atoms with Gasteiger partial charge in [-0.3, -0.25) is 19.2 Å². The van der Waals surface area contributed by atoms with Crippen LogP contribution >= 0.6 is 0 Å². The van der Waals surface area contributed by atoms with Crippen molar-refractivity contribution >= 4 is 23.9 Å². The van der Waals surface area contributed by atoms with Crippen LogP contribution in [0.1, 0.15) is 87.1 Å². The zero-order chi connectivity index (χ0) is 47.0. The van der Waals surface area contributed by atoms with Crippen molar-refractivity contribution in [2.75, 3.05) is 20.2 Å². The molecule has 4 aromatic carbocycles. The highest BCUT2D eigenvalue weighted by Crippen LogP contribution is 2.61. The minimum absolute atomic E-state index is 0.0217. The summed E-state index contributed by atoms with van der Waals surface area (Å²) in [6.07, 6.45) is 5.04. The van der Waals surface area contributed by atoms with Crippen molar-refractivity contribution in [3.05, 3.63) is 149 Å². The molecule has 0 aromatic heterocycles. The number of allylic oxidation sites excluding steroid dienone is 1. The van der Waals surface area contributed by atoms with Gasteiger partial charge < -0.3 is 34.3 Å². The molecule has 11 atom stereocenters. The van der Waals surface area contributed by atoms with E-state index in [9.17, 15) is 14.7 Å². The first-order valence-electron chi connectivity index (χ1n) is 24.6. The van der Waals surface area contributed by atoms with Crippen molar-refractivity contribution in [1.82, 2.24) is 15.3 Å². The van der Waals surface area contributed by atoms with E-state index in [0.717, 1.165) is 47.1 Å². The second-order valence-electron chi connectivity index (χ2n) is 21.2. The van der Waals surface area contributed by atoms with Gasteiger partial charge in [-0.25, -0.2) is 0 Å². The molecule has 1 unspecified atom stereocenters. The molecule has 3 aliphatic carbocycles. The Morgan fingerprint density at radius 3 is 2.16 bits per heavy atom. The van der Waals surface area contributed by atoms with Crippen LogP contribution in [0, 0.1) is 22.7 Å². The Labute approximate surface area is 398 Å². The number of aliphatic hydroxyl groups is 1. The molecule has 4 aliphatic heterocycles. The van der Waals surface area contributed by atoms with Gasteiger partial charge in [-0.15, -0.1) is 0 Å². The summed E-state index contributed by atoms with van der Waals surface area (Å²) in [6.45, 7) is 7.04. The van der Waals surface area contributed by atoms with Gasteiger partial charge in [0.1, 0.15) is 35.9 Å². The molecule has 4 heterocycles. The molecule has 7 aliphatic rings. The third kappa shape index (κ3) is 7.63. The molecular weight excluding hydrogens is 859 g/mol. The molecule has 68 heavy (non-hydrogen) atoms. The fourth-order valence-electron chi connectivity index (χ4n) is 13.0. The summed E-state index contributed by atoms with van der Waals surface area (Å²) in [5.41, 5.74) is 4.66. The monoisotopic (exact) mass is 921 g/mol. The lowest BCUT2D eigenvalue weighted by Crippen LogP contribution is -2.70. The summed E-state index contributed by atoms with van der Waals surface area (Å²) >= 11 is 0. The molecule has 0 radical (unpaired) electrons. The number of hydrogen-bond acceptors (Lipinski definition) is 10. The first-order chi connectivity index (χ1) is 32.8. The van der Waals surface area contributed by atoms with Crippen LogP contribution in [0.2, 0.25) is 0 Å². The lowest BCUT2D eigenvalue weighted by Gasteiger charge is -2.53. The number of rotatable bonds is 12. The zero-order valence-corrected chi connectivity index (χ0v) is 39.4. The number of carbonyl (C=O) groups is 3. The first kappa shape index (κ1) is 45.2. The van der Waals surface area contributed by atoms with Crippen molar-refractivity contribution in [2.24, 2.45) is 22.7 Å². The van der Waals surface area contributed by atoms with E-state index in [2.05, 4.69) is 56.4 Å². The van der Waals surface area contributed by atoms with Crippen LogP contribution in [0.4, 0.5) is 0 Å². The predicted molar refractivity (Wildman–Crippen MR) is 253 cm³/mol. The zero-order valence-electron chi connectivity index (χ0n) is 39.4. The molecule has 7 fully saturated rings. The number of nitrogens with zero attached hydrogens (tertiary/aromatic N) is 2. The number of carbonyl (C=O) groups excluding carboxylic acids is 3. The van der Waals surface area contributed by atoms with Crippen molar-refractivity contribution < 1.29 is 43.3 Å². The maximum absolute atomic E-state index is 15.8. The van der Waals surface area contributed by atoms with E-state index in [0.29, 0.717) is 23.4 Å². The third-order valence-corrected chi connectivity index (χ3v) is 16.7. The van der Waals surface area contributed by atoms with Crippen molar-refractivity contribution in [2.45, 2.75) is 126 Å². The fraction of sp³-hybridized carbons (Fsp3) is 0.482. The van der Waals surface area contributed by atoms with E-state index < -0.39 is 65.5 Å². The van der Waals surface area contributed by atoms with Gasteiger partial charge in [-0.1, -0.05) is 141 Å².